The second-order valence-corrected chi connectivity index (χ2v) is 8.10. The summed E-state index contributed by atoms with van der Waals surface area (Å²) in [5.41, 5.74) is 10.00. The summed E-state index contributed by atoms with van der Waals surface area (Å²) in [5.74, 6) is 2.26. The van der Waals surface area contributed by atoms with Crippen molar-refractivity contribution in [1.29, 1.82) is 0 Å². The maximum atomic E-state index is 2.26. The first kappa shape index (κ1) is 20.8. The van der Waals surface area contributed by atoms with Crippen LogP contribution in [-0.4, -0.2) is 7.28 Å². The summed E-state index contributed by atoms with van der Waals surface area (Å²) in [6, 6.07) is 43.1. The molecule has 0 aliphatic carbocycles. The molecule has 0 atom stereocenters. The number of benzene rings is 4. The molecule has 33 heavy (non-hydrogen) atoms. The molecule has 0 saturated carbocycles. The predicted molar refractivity (Wildman–Crippen MR) is 145 cm³/mol. The zero-order valence-corrected chi connectivity index (χ0v) is 18.6. The van der Waals surface area contributed by atoms with Gasteiger partial charge in [0.2, 0.25) is 0 Å². The standard InChI is InChI=1S/C32H25B/c1-5-15-25(16-6-1)29-23-13-14-24-33-32(28-21-11-4-12-22-28)31(27-19-9-3-10-20-27)30(29)26-17-7-2-8-18-26/h1-24,33H. The van der Waals surface area contributed by atoms with Gasteiger partial charge in [0.25, 0.3) is 0 Å². The molecule has 5 rings (SSSR count). The van der Waals surface area contributed by atoms with Crippen molar-refractivity contribution < 1.29 is 0 Å². The summed E-state index contributed by atoms with van der Waals surface area (Å²) >= 11 is 0. The molecule has 4 aromatic carbocycles. The summed E-state index contributed by atoms with van der Waals surface area (Å²) in [4.78, 5) is 0. The van der Waals surface area contributed by atoms with Gasteiger partial charge in [-0.3, -0.25) is 0 Å². The Kier molecular flexibility index (Phi) is 6.31. The Hall–Kier alpha value is -4.10. The Labute approximate surface area is 197 Å². The number of allylic oxidation sites excluding steroid dienone is 6. The number of hydrogen-bond acceptors (Lipinski definition) is 0. The molecule has 0 fully saturated rings. The summed E-state index contributed by atoms with van der Waals surface area (Å²) < 4.78 is 0. The van der Waals surface area contributed by atoms with Crippen LogP contribution in [0.25, 0.3) is 22.2 Å². The van der Waals surface area contributed by atoms with Crippen LogP contribution in [0.5, 0.6) is 0 Å². The Morgan fingerprint density at radius 3 is 1.39 bits per heavy atom. The Morgan fingerprint density at radius 1 is 0.394 bits per heavy atom. The summed E-state index contributed by atoms with van der Waals surface area (Å²) in [6.07, 6.45) is 6.59. The Balaban J connectivity index is 1.94. The lowest BCUT2D eigenvalue weighted by Gasteiger charge is -2.22. The molecule has 1 heterocycles. The lowest BCUT2D eigenvalue weighted by atomic mass is 9.62. The monoisotopic (exact) mass is 420 g/mol. The summed E-state index contributed by atoms with van der Waals surface area (Å²) in [5, 5.41) is 0. The van der Waals surface area contributed by atoms with Crippen molar-refractivity contribution in [2.24, 2.45) is 0 Å². The first-order valence-electron chi connectivity index (χ1n) is 11.4. The van der Waals surface area contributed by atoms with E-state index in [0.29, 0.717) is 0 Å². The van der Waals surface area contributed by atoms with Crippen molar-refractivity contribution in [3.05, 3.63) is 168 Å². The average Bonchev–Trinajstić information content (AvgIpc) is 3.00. The molecular formula is C32H25B. The van der Waals surface area contributed by atoms with Crippen molar-refractivity contribution in [3.63, 3.8) is 0 Å². The molecule has 156 valence electrons. The number of rotatable bonds is 4. The maximum absolute atomic E-state index is 2.26. The molecule has 1 aliphatic heterocycles. The average molecular weight is 420 g/mol. The van der Waals surface area contributed by atoms with Gasteiger partial charge in [0, 0.05) is 0 Å². The van der Waals surface area contributed by atoms with Crippen molar-refractivity contribution in [1.82, 2.24) is 0 Å². The molecule has 0 saturated heterocycles. The summed E-state index contributed by atoms with van der Waals surface area (Å²) in [6.45, 7) is 0. The van der Waals surface area contributed by atoms with E-state index in [1.807, 2.05) is 0 Å². The highest BCUT2D eigenvalue weighted by molar-refractivity contribution is 6.69. The fraction of sp³-hybridized carbons (Fsp3) is 0. The van der Waals surface area contributed by atoms with Gasteiger partial charge in [-0.25, -0.2) is 0 Å². The number of hydrogen-bond donors (Lipinski definition) is 0. The topological polar surface area (TPSA) is 0 Å². The molecule has 0 N–H and O–H groups in total. The predicted octanol–water partition coefficient (Wildman–Crippen LogP) is 7.69. The third-order valence-corrected chi connectivity index (χ3v) is 5.99. The minimum atomic E-state index is 0.858. The lowest BCUT2D eigenvalue weighted by molar-refractivity contribution is 1.56. The third kappa shape index (κ3) is 4.59. The molecule has 0 bridgehead atoms. The Morgan fingerprint density at radius 2 is 0.848 bits per heavy atom. The van der Waals surface area contributed by atoms with E-state index in [1.54, 1.807) is 0 Å². The second-order valence-electron chi connectivity index (χ2n) is 8.10. The van der Waals surface area contributed by atoms with Gasteiger partial charge in [-0.2, -0.15) is 0 Å². The molecule has 0 aromatic heterocycles. The minimum absolute atomic E-state index is 0.858. The molecule has 0 spiro atoms. The van der Waals surface area contributed by atoms with Crippen LogP contribution in [0.3, 0.4) is 0 Å². The van der Waals surface area contributed by atoms with Gasteiger partial charge in [0.1, 0.15) is 0 Å². The zero-order valence-electron chi connectivity index (χ0n) is 18.6. The zero-order chi connectivity index (χ0) is 22.3. The van der Waals surface area contributed by atoms with Gasteiger partial charge in [-0.05, 0) is 39.0 Å². The van der Waals surface area contributed by atoms with Crippen molar-refractivity contribution >= 4 is 29.5 Å². The maximum Gasteiger partial charge on any atom is 0.184 e. The second kappa shape index (κ2) is 10.0. The van der Waals surface area contributed by atoms with Gasteiger partial charge in [-0.1, -0.05) is 145 Å². The van der Waals surface area contributed by atoms with Crippen molar-refractivity contribution in [2.45, 2.75) is 0 Å². The van der Waals surface area contributed by atoms with E-state index >= 15 is 0 Å². The summed E-state index contributed by atoms with van der Waals surface area (Å²) in [7, 11) is 0.858. The first-order valence-corrected chi connectivity index (χ1v) is 11.4. The highest BCUT2D eigenvalue weighted by atomic mass is 14.2. The van der Waals surface area contributed by atoms with Gasteiger partial charge in [0.05, 0.1) is 0 Å². The van der Waals surface area contributed by atoms with E-state index in [-0.39, 0.29) is 0 Å². The Bertz CT molecular complexity index is 1330. The molecule has 1 aliphatic rings. The van der Waals surface area contributed by atoms with Gasteiger partial charge >= 0.3 is 0 Å². The molecule has 0 unspecified atom stereocenters. The van der Waals surface area contributed by atoms with Crippen LogP contribution in [-0.2, 0) is 0 Å². The normalized spacial score (nSPS) is 13.8. The largest absolute Gasteiger partial charge is 0.184 e. The van der Waals surface area contributed by atoms with Gasteiger partial charge in [-0.15, -0.1) is 5.98 Å². The van der Waals surface area contributed by atoms with Crippen LogP contribution >= 0.6 is 0 Å². The third-order valence-electron chi connectivity index (χ3n) is 5.99. The van der Waals surface area contributed by atoms with E-state index < -0.39 is 0 Å². The molecule has 0 radical (unpaired) electrons. The molecule has 0 amide bonds. The van der Waals surface area contributed by atoms with E-state index in [9.17, 15) is 0 Å². The van der Waals surface area contributed by atoms with Crippen LogP contribution in [0.1, 0.15) is 22.3 Å². The highest BCUT2D eigenvalue weighted by Gasteiger charge is 2.21. The smallest absolute Gasteiger partial charge is 0.113 e. The fourth-order valence-corrected chi connectivity index (χ4v) is 4.48. The van der Waals surface area contributed by atoms with Crippen LogP contribution in [0.2, 0.25) is 0 Å². The minimum Gasteiger partial charge on any atom is -0.113 e. The van der Waals surface area contributed by atoms with E-state index in [0.717, 1.165) is 7.28 Å². The molecule has 4 aromatic rings. The van der Waals surface area contributed by atoms with E-state index in [4.69, 9.17) is 0 Å². The van der Waals surface area contributed by atoms with Crippen LogP contribution < -0.4 is 0 Å². The van der Waals surface area contributed by atoms with Crippen molar-refractivity contribution in [3.8, 4) is 0 Å². The quantitative estimate of drug-likeness (QED) is 0.297. The van der Waals surface area contributed by atoms with Crippen LogP contribution in [0.4, 0.5) is 0 Å². The highest BCUT2D eigenvalue weighted by Crippen LogP contribution is 2.42. The van der Waals surface area contributed by atoms with Gasteiger partial charge in [0.15, 0.2) is 7.28 Å². The van der Waals surface area contributed by atoms with E-state index in [2.05, 4.69) is 146 Å². The van der Waals surface area contributed by atoms with E-state index in [1.165, 1.54) is 44.4 Å². The first-order chi connectivity index (χ1) is 16.4. The lowest BCUT2D eigenvalue weighted by Crippen LogP contribution is -2.03. The van der Waals surface area contributed by atoms with Crippen LogP contribution in [0, 0.1) is 0 Å². The fourth-order valence-electron chi connectivity index (χ4n) is 4.48. The molecule has 1 heteroatoms. The molecule has 0 nitrogen and oxygen atoms in total. The molecular weight excluding hydrogens is 395 g/mol. The SMILES string of the molecule is B1C=CC=CC(c2ccccc2)=C(c2ccccc2)C(c2ccccc2)=C1c1ccccc1. The van der Waals surface area contributed by atoms with Crippen molar-refractivity contribution in [2.75, 3.05) is 0 Å². The van der Waals surface area contributed by atoms with Gasteiger partial charge < -0.3 is 0 Å². The van der Waals surface area contributed by atoms with Crippen LogP contribution in [0.15, 0.2) is 146 Å².